The van der Waals surface area contributed by atoms with Crippen LogP contribution in [0.3, 0.4) is 0 Å². The normalized spacial score (nSPS) is 14.9. The van der Waals surface area contributed by atoms with E-state index in [1.165, 1.54) is 7.11 Å². The Kier molecular flexibility index (Phi) is 8.15. The Morgan fingerprint density at radius 1 is 1.21 bits per heavy atom. The minimum absolute atomic E-state index is 0.0930. The van der Waals surface area contributed by atoms with E-state index >= 15 is 0 Å². The molecule has 0 spiro atoms. The number of carbonyl (C=O) groups excluding carboxylic acids is 1. The second-order valence-electron chi connectivity index (χ2n) is 4.36. The molecule has 0 amide bonds. The zero-order chi connectivity index (χ0) is 14.9. The van der Waals surface area contributed by atoms with E-state index in [0.717, 1.165) is 0 Å². The Bertz CT molecular complexity index is 365. The SMILES string of the molecule is CCC(C)(COCCOCCS(=O)(=O)O)C(=O)OC. The van der Waals surface area contributed by atoms with Crippen molar-refractivity contribution in [2.75, 3.05) is 39.3 Å². The van der Waals surface area contributed by atoms with Crippen molar-refractivity contribution in [3.8, 4) is 0 Å². The standard InChI is InChI=1S/C11H22O7S/c1-4-11(2,10(12)16-3)9-18-6-5-17-7-8-19(13,14)15/h4-9H2,1-3H3,(H,13,14,15). The van der Waals surface area contributed by atoms with Crippen LogP contribution in [0, 0.1) is 5.41 Å². The Balaban J connectivity index is 3.76. The summed E-state index contributed by atoms with van der Waals surface area (Å²) < 4.78 is 44.2. The molecule has 0 rings (SSSR count). The molecule has 1 unspecified atom stereocenters. The first-order chi connectivity index (χ1) is 8.75. The van der Waals surface area contributed by atoms with Crippen molar-refractivity contribution in [1.82, 2.24) is 0 Å². The van der Waals surface area contributed by atoms with Crippen molar-refractivity contribution in [1.29, 1.82) is 0 Å². The Hall–Kier alpha value is -0.700. The van der Waals surface area contributed by atoms with E-state index in [1.807, 2.05) is 6.92 Å². The van der Waals surface area contributed by atoms with E-state index in [9.17, 15) is 13.2 Å². The van der Waals surface area contributed by atoms with Crippen LogP contribution in [0.15, 0.2) is 0 Å². The van der Waals surface area contributed by atoms with Crippen molar-refractivity contribution >= 4 is 16.1 Å². The maximum Gasteiger partial charge on any atom is 0.313 e. The van der Waals surface area contributed by atoms with Gasteiger partial charge in [0.05, 0.1) is 44.7 Å². The van der Waals surface area contributed by atoms with Crippen LogP contribution in [0.4, 0.5) is 0 Å². The van der Waals surface area contributed by atoms with Gasteiger partial charge in [-0.3, -0.25) is 9.35 Å². The zero-order valence-corrected chi connectivity index (χ0v) is 12.4. The molecule has 0 fully saturated rings. The van der Waals surface area contributed by atoms with Crippen LogP contribution in [0.5, 0.6) is 0 Å². The van der Waals surface area contributed by atoms with Gasteiger partial charge in [-0.05, 0) is 13.3 Å². The molecule has 0 heterocycles. The molecule has 8 heteroatoms. The molecule has 0 aromatic rings. The van der Waals surface area contributed by atoms with Gasteiger partial charge in [-0.1, -0.05) is 6.92 Å². The third-order valence-corrected chi connectivity index (χ3v) is 3.42. The molecule has 0 saturated carbocycles. The average Bonchev–Trinajstić information content (AvgIpc) is 2.34. The lowest BCUT2D eigenvalue weighted by molar-refractivity contribution is -0.156. The minimum Gasteiger partial charge on any atom is -0.469 e. The molecule has 114 valence electrons. The first kappa shape index (κ1) is 18.3. The van der Waals surface area contributed by atoms with Crippen molar-refractivity contribution in [3.63, 3.8) is 0 Å². The number of ether oxygens (including phenoxy) is 3. The largest absolute Gasteiger partial charge is 0.469 e. The molecule has 0 aliphatic heterocycles. The molecule has 7 nitrogen and oxygen atoms in total. The van der Waals surface area contributed by atoms with E-state index in [4.69, 9.17) is 18.8 Å². The highest BCUT2D eigenvalue weighted by Gasteiger charge is 2.32. The average molecular weight is 298 g/mol. The molecular weight excluding hydrogens is 276 g/mol. The number of hydrogen-bond donors (Lipinski definition) is 1. The molecule has 0 saturated heterocycles. The van der Waals surface area contributed by atoms with Gasteiger partial charge in [0.15, 0.2) is 0 Å². The number of esters is 1. The van der Waals surface area contributed by atoms with Gasteiger partial charge in [0.1, 0.15) is 0 Å². The van der Waals surface area contributed by atoms with Gasteiger partial charge in [-0.25, -0.2) is 0 Å². The summed E-state index contributed by atoms with van der Waals surface area (Å²) in [6, 6.07) is 0. The van der Waals surface area contributed by atoms with Crippen molar-refractivity contribution in [2.45, 2.75) is 20.3 Å². The molecule has 19 heavy (non-hydrogen) atoms. The molecule has 0 radical (unpaired) electrons. The van der Waals surface area contributed by atoms with Crippen LogP contribution in [-0.4, -0.2) is 58.2 Å². The molecule has 0 aromatic carbocycles. The third kappa shape index (κ3) is 8.14. The van der Waals surface area contributed by atoms with Crippen molar-refractivity contribution in [3.05, 3.63) is 0 Å². The maximum atomic E-state index is 11.5. The van der Waals surface area contributed by atoms with Crippen LogP contribution in [0.2, 0.25) is 0 Å². The second-order valence-corrected chi connectivity index (χ2v) is 5.93. The fraction of sp³-hybridized carbons (Fsp3) is 0.909. The summed E-state index contributed by atoms with van der Waals surface area (Å²) in [6.07, 6.45) is 0.587. The van der Waals surface area contributed by atoms with Crippen molar-refractivity contribution in [2.24, 2.45) is 5.41 Å². The highest BCUT2D eigenvalue weighted by Crippen LogP contribution is 2.23. The summed E-state index contributed by atoms with van der Waals surface area (Å²) >= 11 is 0. The molecule has 1 atom stereocenters. The fourth-order valence-corrected chi connectivity index (χ4v) is 1.56. The lowest BCUT2D eigenvalue weighted by Crippen LogP contribution is -2.33. The number of hydrogen-bond acceptors (Lipinski definition) is 6. The molecule has 1 N–H and O–H groups in total. The summed E-state index contributed by atoms with van der Waals surface area (Å²) in [7, 11) is -2.66. The van der Waals surface area contributed by atoms with Gasteiger partial charge in [0.25, 0.3) is 10.1 Å². The Labute approximate surface area is 114 Å². The number of methoxy groups -OCH3 is 1. The quantitative estimate of drug-likeness (QED) is 0.356. The minimum atomic E-state index is -3.99. The Morgan fingerprint density at radius 3 is 2.26 bits per heavy atom. The van der Waals surface area contributed by atoms with E-state index in [2.05, 4.69) is 0 Å². The van der Waals surface area contributed by atoms with Gasteiger partial charge < -0.3 is 14.2 Å². The van der Waals surface area contributed by atoms with Crippen molar-refractivity contribution < 1.29 is 32.0 Å². The van der Waals surface area contributed by atoms with Gasteiger partial charge in [0, 0.05) is 0 Å². The highest BCUT2D eigenvalue weighted by atomic mass is 32.2. The molecular formula is C11H22O7S. The van der Waals surface area contributed by atoms with E-state index in [-0.39, 0.29) is 32.4 Å². The zero-order valence-electron chi connectivity index (χ0n) is 11.5. The van der Waals surface area contributed by atoms with Crippen LogP contribution in [0.1, 0.15) is 20.3 Å². The summed E-state index contributed by atoms with van der Waals surface area (Å²) in [5, 5.41) is 0. The number of carbonyl (C=O) groups is 1. The van der Waals surface area contributed by atoms with E-state index < -0.39 is 21.3 Å². The van der Waals surface area contributed by atoms with E-state index in [0.29, 0.717) is 6.42 Å². The summed E-state index contributed by atoms with van der Waals surface area (Å²) in [5.41, 5.74) is -0.691. The first-order valence-electron chi connectivity index (χ1n) is 5.94. The second kappa shape index (κ2) is 8.47. The maximum absolute atomic E-state index is 11.5. The summed E-state index contributed by atoms with van der Waals surface area (Å²) in [4.78, 5) is 11.5. The van der Waals surface area contributed by atoms with Gasteiger partial charge >= 0.3 is 5.97 Å². The van der Waals surface area contributed by atoms with Gasteiger partial charge in [0.2, 0.25) is 0 Å². The monoisotopic (exact) mass is 298 g/mol. The third-order valence-electron chi connectivity index (χ3n) is 2.74. The first-order valence-corrected chi connectivity index (χ1v) is 7.55. The molecule has 0 aromatic heterocycles. The van der Waals surface area contributed by atoms with E-state index in [1.54, 1.807) is 6.92 Å². The Morgan fingerprint density at radius 2 is 1.79 bits per heavy atom. The van der Waals surface area contributed by atoms with Crippen LogP contribution < -0.4 is 0 Å². The summed E-state index contributed by atoms with van der Waals surface area (Å²) in [6.45, 7) is 4.15. The van der Waals surface area contributed by atoms with Gasteiger partial charge in [-0.2, -0.15) is 8.42 Å². The predicted octanol–water partition coefficient (Wildman–Crippen LogP) is 0.497. The molecule has 0 aliphatic rings. The predicted molar refractivity (Wildman–Crippen MR) is 68.5 cm³/mol. The lowest BCUT2D eigenvalue weighted by atomic mass is 9.89. The molecule has 0 bridgehead atoms. The summed E-state index contributed by atoms with van der Waals surface area (Å²) in [5.74, 6) is -0.774. The lowest BCUT2D eigenvalue weighted by Gasteiger charge is -2.24. The smallest absolute Gasteiger partial charge is 0.313 e. The van der Waals surface area contributed by atoms with Crippen LogP contribution in [0.25, 0.3) is 0 Å². The highest BCUT2D eigenvalue weighted by molar-refractivity contribution is 7.85. The number of rotatable bonds is 10. The topological polar surface area (TPSA) is 99.1 Å². The molecule has 0 aliphatic carbocycles. The van der Waals surface area contributed by atoms with Gasteiger partial charge in [-0.15, -0.1) is 0 Å². The van der Waals surface area contributed by atoms with Crippen LogP contribution >= 0.6 is 0 Å². The van der Waals surface area contributed by atoms with Crippen LogP contribution in [-0.2, 0) is 29.1 Å². The fourth-order valence-electron chi connectivity index (χ4n) is 1.23.